The Balaban J connectivity index is 1.73. The molecule has 0 aromatic heterocycles. The fraction of sp³-hybridized carbons (Fsp3) is 0.458. The molecule has 2 aromatic rings. The molecule has 0 bridgehead atoms. The first-order chi connectivity index (χ1) is 13.7. The van der Waals surface area contributed by atoms with E-state index < -0.39 is 6.16 Å². The van der Waals surface area contributed by atoms with Crippen molar-refractivity contribution in [2.45, 2.75) is 63.7 Å². The summed E-state index contributed by atoms with van der Waals surface area (Å²) in [5, 5.41) is 0. The molecule has 0 unspecified atom stereocenters. The summed E-state index contributed by atoms with van der Waals surface area (Å²) in [7, 11) is 0. The van der Waals surface area contributed by atoms with E-state index in [0.29, 0.717) is 12.4 Å². The molecule has 0 amide bonds. The zero-order valence-electron chi connectivity index (χ0n) is 17.1. The van der Waals surface area contributed by atoms with Crippen molar-refractivity contribution < 1.29 is 14.3 Å². The fourth-order valence-corrected chi connectivity index (χ4v) is 3.86. The summed E-state index contributed by atoms with van der Waals surface area (Å²) < 4.78 is 9.87. The van der Waals surface area contributed by atoms with Crippen LogP contribution in [0.2, 0.25) is 0 Å². The average molecular weight is 401 g/mol. The lowest BCUT2D eigenvalue weighted by molar-refractivity contribution is 0.104. The van der Waals surface area contributed by atoms with E-state index in [-0.39, 0.29) is 0 Å². The Morgan fingerprint density at radius 2 is 1.36 bits per heavy atom. The molecule has 0 N–H and O–H groups in total. The van der Waals surface area contributed by atoms with Crippen LogP contribution in [-0.4, -0.2) is 18.5 Å². The molecule has 28 heavy (non-hydrogen) atoms. The van der Waals surface area contributed by atoms with Crippen LogP contribution in [0, 0.1) is 0 Å². The molecule has 0 saturated carbocycles. The molecule has 0 aliphatic heterocycles. The van der Waals surface area contributed by atoms with E-state index in [1.807, 2.05) is 23.9 Å². The van der Waals surface area contributed by atoms with Gasteiger partial charge in [0.1, 0.15) is 5.75 Å². The second kappa shape index (κ2) is 13.3. The van der Waals surface area contributed by atoms with E-state index >= 15 is 0 Å². The monoisotopic (exact) mass is 400 g/mol. The molecule has 0 atom stereocenters. The first kappa shape index (κ1) is 22.4. The maximum atomic E-state index is 11.3. The van der Waals surface area contributed by atoms with Gasteiger partial charge in [0.15, 0.2) is 0 Å². The van der Waals surface area contributed by atoms with E-state index in [1.165, 1.54) is 55.6 Å². The van der Waals surface area contributed by atoms with Gasteiger partial charge in [-0.3, -0.25) is 0 Å². The van der Waals surface area contributed by atoms with Gasteiger partial charge in [0, 0.05) is 4.90 Å². The van der Waals surface area contributed by atoms with E-state index in [2.05, 4.69) is 31.2 Å². The van der Waals surface area contributed by atoms with Crippen molar-refractivity contribution in [3.8, 4) is 16.9 Å². The molecule has 2 aromatic carbocycles. The van der Waals surface area contributed by atoms with Crippen molar-refractivity contribution in [2.75, 3.05) is 12.4 Å². The summed E-state index contributed by atoms with van der Waals surface area (Å²) in [4.78, 5) is 12.7. The minimum Gasteiger partial charge on any atom is -0.434 e. The van der Waals surface area contributed by atoms with Crippen molar-refractivity contribution in [3.63, 3.8) is 0 Å². The number of carbonyl (C=O) groups is 1. The van der Waals surface area contributed by atoms with Gasteiger partial charge in [-0.25, -0.2) is 4.79 Å². The number of hydrogen-bond acceptors (Lipinski definition) is 4. The highest BCUT2D eigenvalue weighted by Crippen LogP contribution is 2.26. The van der Waals surface area contributed by atoms with Gasteiger partial charge >= 0.3 is 6.16 Å². The molecule has 4 heteroatoms. The molecule has 3 nitrogen and oxygen atoms in total. The van der Waals surface area contributed by atoms with Gasteiger partial charge in [0.2, 0.25) is 0 Å². The first-order valence-electron chi connectivity index (χ1n) is 10.4. The number of benzene rings is 2. The second-order valence-electron chi connectivity index (χ2n) is 6.80. The molecular formula is C24H32O3S. The van der Waals surface area contributed by atoms with E-state index in [0.717, 1.165) is 11.1 Å². The van der Waals surface area contributed by atoms with Gasteiger partial charge < -0.3 is 9.47 Å². The summed E-state index contributed by atoms with van der Waals surface area (Å²) in [5.41, 5.74) is 2.25. The van der Waals surface area contributed by atoms with Crippen LogP contribution in [0.15, 0.2) is 53.4 Å². The number of unbranched alkanes of at least 4 members (excludes halogenated alkanes) is 6. The summed E-state index contributed by atoms with van der Waals surface area (Å²) >= 11 is 1.94. The van der Waals surface area contributed by atoms with Crippen molar-refractivity contribution in [1.29, 1.82) is 0 Å². The normalized spacial score (nSPS) is 10.6. The molecule has 0 fully saturated rings. The van der Waals surface area contributed by atoms with Crippen LogP contribution in [0.5, 0.6) is 5.75 Å². The highest BCUT2D eigenvalue weighted by atomic mass is 32.2. The van der Waals surface area contributed by atoms with Gasteiger partial charge in [0.05, 0.1) is 6.61 Å². The van der Waals surface area contributed by atoms with E-state index in [1.54, 1.807) is 19.1 Å². The largest absolute Gasteiger partial charge is 0.513 e. The maximum Gasteiger partial charge on any atom is 0.513 e. The smallest absolute Gasteiger partial charge is 0.434 e. The number of ether oxygens (including phenoxy) is 2. The van der Waals surface area contributed by atoms with Gasteiger partial charge in [0.25, 0.3) is 0 Å². The zero-order chi connectivity index (χ0) is 20.0. The number of thioether (sulfide) groups is 1. The van der Waals surface area contributed by atoms with Crippen molar-refractivity contribution in [3.05, 3.63) is 48.5 Å². The third-order valence-corrected chi connectivity index (χ3v) is 5.62. The Kier molecular flexibility index (Phi) is 10.6. The molecule has 0 aliphatic carbocycles. The summed E-state index contributed by atoms with van der Waals surface area (Å²) in [6, 6.07) is 16.1. The number of carbonyl (C=O) groups excluding carboxylic acids is 1. The first-order valence-corrected chi connectivity index (χ1v) is 11.4. The minimum absolute atomic E-state index is 0.306. The third kappa shape index (κ3) is 8.39. The molecular weight excluding hydrogens is 368 g/mol. The lowest BCUT2D eigenvalue weighted by Gasteiger charge is -2.07. The number of rotatable bonds is 12. The predicted molar refractivity (Wildman–Crippen MR) is 118 cm³/mol. The molecule has 152 valence electrons. The zero-order valence-corrected chi connectivity index (χ0v) is 17.9. The van der Waals surface area contributed by atoms with Crippen LogP contribution < -0.4 is 4.74 Å². The quantitative estimate of drug-likeness (QED) is 0.158. The predicted octanol–water partition coefficient (Wildman–Crippen LogP) is 7.73. The van der Waals surface area contributed by atoms with Gasteiger partial charge in [-0.15, -0.1) is 11.8 Å². The second-order valence-corrected chi connectivity index (χ2v) is 7.97. The van der Waals surface area contributed by atoms with Crippen molar-refractivity contribution in [2.24, 2.45) is 0 Å². The van der Waals surface area contributed by atoms with E-state index in [4.69, 9.17) is 9.47 Å². The Labute approximate surface area is 173 Å². The highest BCUT2D eigenvalue weighted by Gasteiger charge is 2.05. The van der Waals surface area contributed by atoms with Crippen LogP contribution in [0.4, 0.5) is 4.79 Å². The van der Waals surface area contributed by atoms with Crippen molar-refractivity contribution in [1.82, 2.24) is 0 Å². The maximum absolute atomic E-state index is 11.3. The Hall–Kier alpha value is -1.94. The van der Waals surface area contributed by atoms with Gasteiger partial charge in [-0.2, -0.15) is 0 Å². The standard InChI is InChI=1S/C24H32O3S/c1-3-5-6-7-8-9-10-19-28-23-17-13-21(14-18-23)20-11-15-22(16-12-20)27-24(25)26-4-2/h11-18H,3-10,19H2,1-2H3. The Morgan fingerprint density at radius 1 is 0.786 bits per heavy atom. The number of hydrogen-bond donors (Lipinski definition) is 0. The van der Waals surface area contributed by atoms with Crippen LogP contribution >= 0.6 is 11.8 Å². The fourth-order valence-electron chi connectivity index (χ4n) is 2.95. The lowest BCUT2D eigenvalue weighted by atomic mass is 10.1. The lowest BCUT2D eigenvalue weighted by Crippen LogP contribution is -2.09. The Bertz CT molecular complexity index is 680. The average Bonchev–Trinajstić information content (AvgIpc) is 2.71. The molecule has 0 saturated heterocycles. The summed E-state index contributed by atoms with van der Waals surface area (Å²) in [6.07, 6.45) is 8.81. The van der Waals surface area contributed by atoms with Gasteiger partial charge in [-0.05, 0) is 54.5 Å². The topological polar surface area (TPSA) is 35.5 Å². The van der Waals surface area contributed by atoms with E-state index in [9.17, 15) is 4.79 Å². The summed E-state index contributed by atoms with van der Waals surface area (Å²) in [6.45, 7) is 4.32. The van der Waals surface area contributed by atoms with Crippen LogP contribution in [-0.2, 0) is 4.74 Å². The highest BCUT2D eigenvalue weighted by molar-refractivity contribution is 7.99. The van der Waals surface area contributed by atoms with Crippen LogP contribution in [0.25, 0.3) is 11.1 Å². The van der Waals surface area contributed by atoms with Crippen LogP contribution in [0.1, 0.15) is 58.8 Å². The molecule has 2 rings (SSSR count). The van der Waals surface area contributed by atoms with Crippen molar-refractivity contribution >= 4 is 17.9 Å². The summed E-state index contributed by atoms with van der Waals surface area (Å²) in [5.74, 6) is 1.68. The van der Waals surface area contributed by atoms with Gasteiger partial charge in [-0.1, -0.05) is 69.7 Å². The third-order valence-electron chi connectivity index (χ3n) is 4.52. The molecule has 0 heterocycles. The SMILES string of the molecule is CCCCCCCCCSc1ccc(-c2ccc(OC(=O)OCC)cc2)cc1. The molecule has 0 aliphatic rings. The molecule has 0 radical (unpaired) electrons. The van der Waals surface area contributed by atoms with Crippen LogP contribution in [0.3, 0.4) is 0 Å². The Morgan fingerprint density at radius 3 is 1.96 bits per heavy atom. The molecule has 0 spiro atoms. The minimum atomic E-state index is -0.669.